The second-order valence-electron chi connectivity index (χ2n) is 3.46. The number of nitrogen functional groups attached to an aromatic ring is 1. The van der Waals surface area contributed by atoms with E-state index in [0.29, 0.717) is 17.2 Å². The molecule has 0 bridgehead atoms. The minimum Gasteiger partial charge on any atom is -0.384 e. The van der Waals surface area contributed by atoms with Crippen LogP contribution in [0.2, 0.25) is 0 Å². The number of nitrogens with zero attached hydrogens (tertiary/aromatic N) is 2. The normalized spacial score (nSPS) is 9.94. The van der Waals surface area contributed by atoms with Gasteiger partial charge in [-0.1, -0.05) is 24.3 Å². The van der Waals surface area contributed by atoms with Gasteiger partial charge in [0, 0.05) is 5.56 Å². The number of rotatable bonds is 2. The van der Waals surface area contributed by atoms with Crippen molar-refractivity contribution in [2.75, 3.05) is 10.7 Å². The molecule has 0 spiro atoms. The summed E-state index contributed by atoms with van der Waals surface area (Å²) in [4.78, 5) is 16.0. The van der Waals surface area contributed by atoms with E-state index in [1.807, 2.05) is 6.07 Å². The van der Waals surface area contributed by atoms with Crippen LogP contribution in [0.4, 0.5) is 11.6 Å². The van der Waals surface area contributed by atoms with Crippen LogP contribution in [0.25, 0.3) is 0 Å². The number of aromatic nitrogens is 1. The average molecular weight is 228 g/mol. The number of amides is 1. The third kappa shape index (κ3) is 2.40. The van der Waals surface area contributed by atoms with Gasteiger partial charge in [0.15, 0.2) is 5.82 Å². The highest BCUT2D eigenvalue weighted by atomic mass is 16.2. The molecule has 2 aromatic rings. The van der Waals surface area contributed by atoms with Crippen molar-refractivity contribution in [2.24, 2.45) is 5.84 Å². The van der Waals surface area contributed by atoms with Crippen molar-refractivity contribution in [3.63, 3.8) is 0 Å². The van der Waals surface area contributed by atoms with Crippen molar-refractivity contribution in [1.82, 2.24) is 4.98 Å². The van der Waals surface area contributed by atoms with Crippen molar-refractivity contribution in [2.45, 2.75) is 0 Å². The third-order valence-corrected chi connectivity index (χ3v) is 2.24. The summed E-state index contributed by atoms with van der Waals surface area (Å²) in [5, 5.41) is 0.978. The Hall–Kier alpha value is -2.40. The first kappa shape index (κ1) is 11.1. The van der Waals surface area contributed by atoms with Crippen LogP contribution in [0.15, 0.2) is 48.5 Å². The number of hydrogen-bond donors (Lipinski definition) is 2. The number of carbonyl (C=O) groups is 1. The average Bonchev–Trinajstić information content (AvgIpc) is 2.38. The predicted molar refractivity (Wildman–Crippen MR) is 66.1 cm³/mol. The molecule has 1 aromatic carbocycles. The maximum atomic E-state index is 12.0. The standard InChI is InChI=1S/C12H12N4O/c13-10-7-4-8-11(15-10)16(14)12(17)9-5-2-1-3-6-9/h1-8H,14H2,(H2,13,15). The number of carbonyl (C=O) groups excluding carboxylic acids is 1. The molecule has 0 aliphatic rings. The van der Waals surface area contributed by atoms with E-state index in [1.165, 1.54) is 0 Å². The van der Waals surface area contributed by atoms with Gasteiger partial charge in [-0.25, -0.2) is 15.8 Å². The Morgan fingerprint density at radius 1 is 1.06 bits per heavy atom. The molecule has 1 amide bonds. The number of hydrogen-bond acceptors (Lipinski definition) is 4. The Morgan fingerprint density at radius 2 is 1.76 bits per heavy atom. The number of anilines is 2. The summed E-state index contributed by atoms with van der Waals surface area (Å²) in [5.41, 5.74) is 6.03. The van der Waals surface area contributed by atoms with Crippen LogP contribution in [-0.4, -0.2) is 10.9 Å². The summed E-state index contributed by atoms with van der Waals surface area (Å²) < 4.78 is 0. The van der Waals surface area contributed by atoms with Crippen molar-refractivity contribution in [3.8, 4) is 0 Å². The van der Waals surface area contributed by atoms with Gasteiger partial charge in [0.1, 0.15) is 5.82 Å². The number of benzene rings is 1. The summed E-state index contributed by atoms with van der Waals surface area (Å²) in [6.07, 6.45) is 0. The highest BCUT2D eigenvalue weighted by Crippen LogP contribution is 2.12. The van der Waals surface area contributed by atoms with Crippen LogP contribution in [0.5, 0.6) is 0 Å². The molecule has 0 saturated heterocycles. The van der Waals surface area contributed by atoms with Gasteiger partial charge in [-0.2, -0.15) is 0 Å². The minimum absolute atomic E-state index is 0.318. The van der Waals surface area contributed by atoms with Crippen LogP contribution < -0.4 is 16.6 Å². The molecule has 0 unspecified atom stereocenters. The van der Waals surface area contributed by atoms with E-state index in [4.69, 9.17) is 11.6 Å². The third-order valence-electron chi connectivity index (χ3n) is 2.24. The molecule has 1 aromatic heterocycles. The van der Waals surface area contributed by atoms with E-state index < -0.39 is 0 Å². The van der Waals surface area contributed by atoms with Gasteiger partial charge in [-0.15, -0.1) is 0 Å². The van der Waals surface area contributed by atoms with Crippen molar-refractivity contribution < 1.29 is 4.79 Å². The monoisotopic (exact) mass is 228 g/mol. The molecule has 5 nitrogen and oxygen atoms in total. The SMILES string of the molecule is Nc1cccc(N(N)C(=O)c2ccccc2)n1. The molecular weight excluding hydrogens is 216 g/mol. The molecule has 0 fully saturated rings. The lowest BCUT2D eigenvalue weighted by atomic mass is 10.2. The summed E-state index contributed by atoms with van der Waals surface area (Å²) in [5.74, 6) is 6.01. The largest absolute Gasteiger partial charge is 0.384 e. The second-order valence-corrected chi connectivity index (χ2v) is 3.46. The van der Waals surface area contributed by atoms with Crippen molar-refractivity contribution >= 4 is 17.5 Å². The molecule has 4 N–H and O–H groups in total. The minimum atomic E-state index is -0.330. The van der Waals surface area contributed by atoms with Gasteiger partial charge in [-0.3, -0.25) is 4.79 Å². The van der Waals surface area contributed by atoms with Crippen molar-refractivity contribution in [3.05, 3.63) is 54.1 Å². The molecule has 0 aliphatic heterocycles. The summed E-state index contributed by atoms with van der Waals surface area (Å²) in [7, 11) is 0. The van der Waals surface area contributed by atoms with Crippen molar-refractivity contribution in [1.29, 1.82) is 0 Å². The maximum Gasteiger partial charge on any atom is 0.273 e. The van der Waals surface area contributed by atoms with Gasteiger partial charge < -0.3 is 5.73 Å². The van der Waals surface area contributed by atoms with E-state index in [0.717, 1.165) is 5.01 Å². The first-order chi connectivity index (χ1) is 8.18. The van der Waals surface area contributed by atoms with E-state index in [-0.39, 0.29) is 5.91 Å². The number of pyridine rings is 1. The first-order valence-corrected chi connectivity index (χ1v) is 5.05. The second kappa shape index (κ2) is 4.63. The highest BCUT2D eigenvalue weighted by Gasteiger charge is 2.14. The zero-order valence-electron chi connectivity index (χ0n) is 9.08. The molecule has 86 valence electrons. The Bertz CT molecular complexity index is 527. The summed E-state index contributed by atoms with van der Waals surface area (Å²) in [6.45, 7) is 0. The first-order valence-electron chi connectivity index (χ1n) is 5.05. The highest BCUT2D eigenvalue weighted by molar-refractivity contribution is 6.04. The Kier molecular flexibility index (Phi) is 3.02. The Morgan fingerprint density at radius 3 is 2.41 bits per heavy atom. The molecule has 5 heteroatoms. The number of hydrazine groups is 1. The zero-order chi connectivity index (χ0) is 12.3. The molecule has 1 heterocycles. The molecular formula is C12H12N4O. The smallest absolute Gasteiger partial charge is 0.273 e. The molecule has 0 aliphatic carbocycles. The van der Waals surface area contributed by atoms with Gasteiger partial charge in [-0.05, 0) is 24.3 Å². The van der Waals surface area contributed by atoms with Gasteiger partial charge >= 0.3 is 0 Å². The quantitative estimate of drug-likeness (QED) is 0.459. The fourth-order valence-electron chi connectivity index (χ4n) is 1.40. The van der Waals surface area contributed by atoms with E-state index >= 15 is 0 Å². The predicted octanol–water partition coefficient (Wildman–Crippen LogP) is 1.18. The Labute approximate surface area is 98.6 Å². The Balaban J connectivity index is 2.27. The summed E-state index contributed by atoms with van der Waals surface area (Å²) in [6, 6.07) is 13.7. The van der Waals surface area contributed by atoms with Gasteiger partial charge in [0.2, 0.25) is 0 Å². The molecule has 2 rings (SSSR count). The van der Waals surface area contributed by atoms with Crippen LogP contribution in [0.3, 0.4) is 0 Å². The van der Waals surface area contributed by atoms with Crippen LogP contribution in [0, 0.1) is 0 Å². The zero-order valence-corrected chi connectivity index (χ0v) is 9.08. The lowest BCUT2D eigenvalue weighted by Crippen LogP contribution is -2.38. The molecule has 0 radical (unpaired) electrons. The maximum absolute atomic E-state index is 12.0. The summed E-state index contributed by atoms with van der Waals surface area (Å²) >= 11 is 0. The van der Waals surface area contributed by atoms with Gasteiger partial charge in [0.25, 0.3) is 5.91 Å². The van der Waals surface area contributed by atoms with E-state index in [9.17, 15) is 4.79 Å². The fourth-order valence-corrected chi connectivity index (χ4v) is 1.40. The molecule has 0 saturated carbocycles. The topological polar surface area (TPSA) is 85.2 Å². The van der Waals surface area contributed by atoms with Gasteiger partial charge in [0.05, 0.1) is 0 Å². The lowest BCUT2D eigenvalue weighted by molar-refractivity contribution is 0.0986. The number of nitrogens with two attached hydrogens (primary N) is 2. The van der Waals surface area contributed by atoms with E-state index in [1.54, 1.807) is 42.5 Å². The van der Waals surface area contributed by atoms with Crippen LogP contribution in [0.1, 0.15) is 10.4 Å². The van der Waals surface area contributed by atoms with Crippen LogP contribution >= 0.6 is 0 Å². The molecule has 17 heavy (non-hydrogen) atoms. The fraction of sp³-hybridized carbons (Fsp3) is 0. The van der Waals surface area contributed by atoms with Crippen LogP contribution in [-0.2, 0) is 0 Å². The van der Waals surface area contributed by atoms with E-state index in [2.05, 4.69) is 4.98 Å². The molecule has 0 atom stereocenters. The lowest BCUT2D eigenvalue weighted by Gasteiger charge is -2.15.